The molecule has 1 aromatic rings. The van der Waals surface area contributed by atoms with Gasteiger partial charge in [0.15, 0.2) is 0 Å². The van der Waals surface area contributed by atoms with Crippen molar-refractivity contribution in [3.63, 3.8) is 0 Å². The van der Waals surface area contributed by atoms with Crippen LogP contribution in [0.3, 0.4) is 0 Å². The van der Waals surface area contributed by atoms with Gasteiger partial charge in [0.05, 0.1) is 11.3 Å². The Balaban J connectivity index is 2.98. The number of anilines is 1. The molecule has 0 heterocycles. The van der Waals surface area contributed by atoms with Gasteiger partial charge < -0.3 is 10.5 Å². The summed E-state index contributed by atoms with van der Waals surface area (Å²) in [5.41, 5.74) is 6.11. The van der Waals surface area contributed by atoms with Crippen molar-refractivity contribution in [1.82, 2.24) is 0 Å². The zero-order valence-corrected chi connectivity index (χ0v) is 8.90. The van der Waals surface area contributed by atoms with Gasteiger partial charge >= 0.3 is 6.36 Å². The number of rotatable bonds is 1. The molecule has 0 saturated carbocycles. The molecular weight excluding hydrogens is 239 g/mol. The molecule has 0 saturated heterocycles. The maximum Gasteiger partial charge on any atom is 0.573 e. The van der Waals surface area contributed by atoms with Crippen molar-refractivity contribution in [1.29, 1.82) is 0 Å². The summed E-state index contributed by atoms with van der Waals surface area (Å²) >= 11 is 3.85. The van der Waals surface area contributed by atoms with Gasteiger partial charge in [-0.2, -0.15) is 12.6 Å². The first-order valence-corrected chi connectivity index (χ1v) is 4.80. The average Bonchev–Trinajstić information content (AvgIpc) is 2.17. The summed E-state index contributed by atoms with van der Waals surface area (Å²) in [4.78, 5) is 0. The van der Waals surface area contributed by atoms with Crippen LogP contribution in [-0.2, 0) is 0 Å². The lowest BCUT2D eigenvalue weighted by Crippen LogP contribution is -2.17. The zero-order valence-electron chi connectivity index (χ0n) is 8.01. The predicted molar refractivity (Wildman–Crippen MR) is 58.3 cm³/mol. The molecule has 1 rings (SSSR count). The van der Waals surface area contributed by atoms with E-state index < -0.39 is 6.36 Å². The van der Waals surface area contributed by atoms with Crippen LogP contribution in [0.1, 0.15) is 5.56 Å². The van der Waals surface area contributed by atoms with Crippen molar-refractivity contribution in [2.45, 2.75) is 6.36 Å². The summed E-state index contributed by atoms with van der Waals surface area (Å²) < 4.78 is 39.5. The highest BCUT2D eigenvalue weighted by Gasteiger charge is 2.31. The number of hydrogen-bond donors (Lipinski definition) is 2. The molecule has 0 aromatic heterocycles. The van der Waals surface area contributed by atoms with Crippen LogP contribution in [0.2, 0.25) is 0 Å². The molecule has 6 heteroatoms. The van der Waals surface area contributed by atoms with Crippen LogP contribution in [0.4, 0.5) is 18.9 Å². The lowest BCUT2D eigenvalue weighted by molar-refractivity contribution is -0.274. The van der Waals surface area contributed by atoms with E-state index in [-0.39, 0.29) is 11.3 Å². The Morgan fingerprint density at radius 2 is 2.06 bits per heavy atom. The minimum Gasteiger partial charge on any atom is -0.406 e. The highest BCUT2D eigenvalue weighted by Crippen LogP contribution is 2.25. The van der Waals surface area contributed by atoms with E-state index >= 15 is 0 Å². The summed E-state index contributed by atoms with van der Waals surface area (Å²) in [5.74, 6) is 5.14. The molecule has 16 heavy (non-hydrogen) atoms. The SMILES string of the molecule is Nc1ccc(OC(F)(F)F)cc1C#CCS. The van der Waals surface area contributed by atoms with Gasteiger partial charge in [0, 0.05) is 5.69 Å². The first-order chi connectivity index (χ1) is 7.42. The average molecular weight is 247 g/mol. The molecule has 0 aliphatic carbocycles. The third-order valence-corrected chi connectivity index (χ3v) is 1.72. The second-order valence-electron chi connectivity index (χ2n) is 2.76. The van der Waals surface area contributed by atoms with E-state index in [0.29, 0.717) is 11.4 Å². The van der Waals surface area contributed by atoms with Crippen LogP contribution in [0.25, 0.3) is 0 Å². The molecule has 0 fully saturated rings. The Labute approximate surface area is 96.0 Å². The Morgan fingerprint density at radius 1 is 1.38 bits per heavy atom. The first-order valence-electron chi connectivity index (χ1n) is 4.17. The number of ether oxygens (including phenoxy) is 1. The number of hydrogen-bond acceptors (Lipinski definition) is 3. The quantitative estimate of drug-likeness (QED) is 0.454. The van der Waals surface area contributed by atoms with E-state index in [1.807, 2.05) is 0 Å². The fraction of sp³-hybridized carbons (Fsp3) is 0.200. The minimum absolute atomic E-state index is 0.288. The standard InChI is InChI=1S/C10H8F3NOS/c11-10(12,13)15-8-3-4-9(14)7(6-8)2-1-5-16/h3-4,6,16H,5,14H2. The van der Waals surface area contributed by atoms with Crippen LogP contribution in [0.15, 0.2) is 18.2 Å². The second kappa shape index (κ2) is 5.03. The van der Waals surface area contributed by atoms with Crippen molar-refractivity contribution in [2.75, 3.05) is 11.5 Å². The molecule has 2 N–H and O–H groups in total. The van der Waals surface area contributed by atoms with Crippen LogP contribution in [-0.4, -0.2) is 12.1 Å². The largest absolute Gasteiger partial charge is 0.573 e. The van der Waals surface area contributed by atoms with Gasteiger partial charge in [-0.25, -0.2) is 0 Å². The zero-order chi connectivity index (χ0) is 12.2. The molecule has 0 radical (unpaired) electrons. The highest BCUT2D eigenvalue weighted by molar-refractivity contribution is 7.80. The fourth-order valence-electron chi connectivity index (χ4n) is 0.976. The van der Waals surface area contributed by atoms with Gasteiger partial charge in [-0.15, -0.1) is 13.2 Å². The van der Waals surface area contributed by atoms with E-state index in [4.69, 9.17) is 5.73 Å². The van der Waals surface area contributed by atoms with E-state index in [2.05, 4.69) is 29.2 Å². The Kier molecular flexibility index (Phi) is 3.96. The van der Waals surface area contributed by atoms with E-state index in [0.717, 1.165) is 12.1 Å². The van der Waals surface area contributed by atoms with Crippen molar-refractivity contribution in [3.8, 4) is 17.6 Å². The third kappa shape index (κ3) is 3.95. The number of halogens is 3. The van der Waals surface area contributed by atoms with Crippen molar-refractivity contribution < 1.29 is 17.9 Å². The van der Waals surface area contributed by atoms with Gasteiger partial charge in [0.1, 0.15) is 5.75 Å². The molecule has 0 bridgehead atoms. The maximum atomic E-state index is 11.9. The Hall–Kier alpha value is -1.48. The molecule has 0 atom stereocenters. The summed E-state index contributed by atoms with van der Waals surface area (Å²) in [6.45, 7) is 0. The molecule has 0 aliphatic heterocycles. The van der Waals surface area contributed by atoms with Gasteiger partial charge in [-0.3, -0.25) is 0 Å². The van der Waals surface area contributed by atoms with Gasteiger partial charge in [0.2, 0.25) is 0 Å². The van der Waals surface area contributed by atoms with Crippen molar-refractivity contribution >= 4 is 18.3 Å². The lowest BCUT2D eigenvalue weighted by atomic mass is 10.2. The molecule has 86 valence electrons. The molecule has 0 unspecified atom stereocenters. The summed E-state index contributed by atoms with van der Waals surface area (Å²) in [7, 11) is 0. The monoisotopic (exact) mass is 247 g/mol. The van der Waals surface area contributed by atoms with Crippen LogP contribution in [0.5, 0.6) is 5.75 Å². The predicted octanol–water partition coefficient (Wildman–Crippen LogP) is 2.45. The van der Waals surface area contributed by atoms with Gasteiger partial charge in [0.25, 0.3) is 0 Å². The van der Waals surface area contributed by atoms with Crippen LogP contribution in [0, 0.1) is 11.8 Å². The molecular formula is C10H8F3NOS. The minimum atomic E-state index is -4.72. The molecule has 2 nitrogen and oxygen atoms in total. The Morgan fingerprint density at radius 3 is 2.62 bits per heavy atom. The van der Waals surface area contributed by atoms with E-state index in [1.54, 1.807) is 0 Å². The van der Waals surface area contributed by atoms with Gasteiger partial charge in [-0.05, 0) is 18.2 Å². The number of thiol groups is 1. The molecule has 0 amide bonds. The van der Waals surface area contributed by atoms with Crippen LogP contribution < -0.4 is 10.5 Å². The lowest BCUT2D eigenvalue weighted by Gasteiger charge is -2.09. The number of alkyl halides is 3. The third-order valence-electron chi connectivity index (χ3n) is 1.56. The van der Waals surface area contributed by atoms with E-state index in [9.17, 15) is 13.2 Å². The van der Waals surface area contributed by atoms with Crippen molar-refractivity contribution in [2.24, 2.45) is 0 Å². The number of nitrogens with two attached hydrogens (primary N) is 1. The van der Waals surface area contributed by atoms with Crippen LogP contribution >= 0.6 is 12.6 Å². The fourth-order valence-corrected chi connectivity index (χ4v) is 1.05. The van der Waals surface area contributed by atoms with Crippen molar-refractivity contribution in [3.05, 3.63) is 23.8 Å². The summed E-state index contributed by atoms with van der Waals surface area (Å²) in [5, 5.41) is 0. The van der Waals surface area contributed by atoms with E-state index in [1.165, 1.54) is 6.07 Å². The topological polar surface area (TPSA) is 35.2 Å². The second-order valence-corrected chi connectivity index (χ2v) is 3.07. The smallest absolute Gasteiger partial charge is 0.406 e. The highest BCUT2D eigenvalue weighted by atomic mass is 32.1. The van der Waals surface area contributed by atoms with Gasteiger partial charge in [-0.1, -0.05) is 11.8 Å². The summed E-state index contributed by atoms with van der Waals surface area (Å²) in [6.07, 6.45) is -4.72. The number of nitrogen functional groups attached to an aromatic ring is 1. The Bertz CT molecular complexity index is 434. The number of benzene rings is 1. The normalized spacial score (nSPS) is 10.5. The molecule has 0 spiro atoms. The maximum absolute atomic E-state index is 11.9. The molecule has 1 aromatic carbocycles. The summed E-state index contributed by atoms with van der Waals surface area (Å²) in [6, 6.07) is 3.58. The first kappa shape index (κ1) is 12.6. The molecule has 0 aliphatic rings.